The zero-order chi connectivity index (χ0) is 27.8. The molecule has 3 fully saturated rings. The molecular weight excluding hydrogens is 484 g/mol. The molecule has 4 heteroatoms. The number of methoxy groups -OCH3 is 1. The molecule has 3 saturated carbocycles. The number of allylic oxidation sites excluding steroid dienone is 3. The minimum Gasteiger partial charge on any atom is -0.469 e. The third-order valence-corrected chi connectivity index (χ3v) is 12.1. The van der Waals surface area contributed by atoms with Crippen LogP contribution in [0.1, 0.15) is 112 Å². The van der Waals surface area contributed by atoms with Gasteiger partial charge in [0, 0.05) is 12.3 Å². The lowest BCUT2D eigenvalue weighted by molar-refractivity contribution is -0.188. The van der Waals surface area contributed by atoms with Gasteiger partial charge in [-0.2, -0.15) is 0 Å². The van der Waals surface area contributed by atoms with E-state index in [2.05, 4.69) is 58.9 Å². The molecule has 0 aromatic carbocycles. The zero-order valence-corrected chi connectivity index (χ0v) is 25.5. The Morgan fingerprint density at radius 2 is 1.95 bits per heavy atom. The van der Waals surface area contributed by atoms with Gasteiger partial charge in [0.15, 0.2) is 6.29 Å². The monoisotopic (exact) mass is 538 g/mol. The Kier molecular flexibility index (Phi) is 8.84. The zero-order valence-electron chi connectivity index (χ0n) is 25.5. The number of hydrogen-bond donors (Lipinski definition) is 0. The molecule has 0 saturated heterocycles. The van der Waals surface area contributed by atoms with Crippen molar-refractivity contribution < 1.29 is 19.0 Å². The highest BCUT2D eigenvalue weighted by atomic mass is 16.7. The third-order valence-electron chi connectivity index (χ3n) is 12.1. The van der Waals surface area contributed by atoms with Crippen molar-refractivity contribution in [1.29, 1.82) is 0 Å². The van der Waals surface area contributed by atoms with Crippen LogP contribution < -0.4 is 0 Å². The van der Waals surface area contributed by atoms with Crippen LogP contribution >= 0.6 is 0 Å². The van der Waals surface area contributed by atoms with Crippen molar-refractivity contribution in [3.63, 3.8) is 0 Å². The number of carbonyl (C=O) groups excluding carboxylic acids is 1. The van der Waals surface area contributed by atoms with Crippen molar-refractivity contribution >= 4 is 5.97 Å². The SMILES string of the molecule is CCC1OC(OC2CC[C@@]3(C)C(=CCC4C3CC[C@@]3(C)C4CC[C@@H]3/C(C)=C/CCCC(=O)OC)C2)C=CC1C. The normalized spacial score (nSPS) is 43.7. The van der Waals surface area contributed by atoms with Crippen molar-refractivity contribution in [2.75, 3.05) is 7.11 Å². The molecule has 39 heavy (non-hydrogen) atoms. The fraction of sp³-hybridized carbons (Fsp3) is 0.800. The van der Waals surface area contributed by atoms with Crippen LogP contribution in [-0.2, 0) is 19.0 Å². The molecule has 0 N–H and O–H groups in total. The van der Waals surface area contributed by atoms with E-state index < -0.39 is 0 Å². The van der Waals surface area contributed by atoms with Crippen LogP contribution in [0.3, 0.4) is 0 Å². The average molecular weight is 539 g/mol. The second-order valence-corrected chi connectivity index (χ2v) is 14.0. The van der Waals surface area contributed by atoms with Gasteiger partial charge < -0.3 is 14.2 Å². The maximum atomic E-state index is 11.5. The van der Waals surface area contributed by atoms with Crippen molar-refractivity contribution in [3.8, 4) is 0 Å². The molecule has 1 heterocycles. The molecule has 10 atom stereocenters. The molecule has 0 spiro atoms. The molecule has 0 amide bonds. The Labute approximate surface area is 238 Å². The molecule has 5 rings (SSSR count). The van der Waals surface area contributed by atoms with E-state index in [9.17, 15) is 4.79 Å². The number of rotatable bonds is 8. The second-order valence-electron chi connectivity index (χ2n) is 14.0. The molecule has 1 aliphatic heterocycles. The second kappa shape index (κ2) is 11.8. The van der Waals surface area contributed by atoms with E-state index >= 15 is 0 Å². The Morgan fingerprint density at radius 3 is 2.72 bits per heavy atom. The van der Waals surface area contributed by atoms with E-state index in [1.165, 1.54) is 45.6 Å². The summed E-state index contributed by atoms with van der Waals surface area (Å²) in [6.07, 6.45) is 23.5. The summed E-state index contributed by atoms with van der Waals surface area (Å²) in [7, 11) is 1.48. The summed E-state index contributed by atoms with van der Waals surface area (Å²) in [5.41, 5.74) is 4.01. The van der Waals surface area contributed by atoms with E-state index in [0.29, 0.717) is 29.1 Å². The number of hydrogen-bond acceptors (Lipinski definition) is 4. The topological polar surface area (TPSA) is 44.8 Å². The molecule has 7 unspecified atom stereocenters. The lowest BCUT2D eigenvalue weighted by Gasteiger charge is -2.58. The summed E-state index contributed by atoms with van der Waals surface area (Å²) in [4.78, 5) is 11.5. The van der Waals surface area contributed by atoms with Crippen molar-refractivity contribution in [2.45, 2.75) is 130 Å². The largest absolute Gasteiger partial charge is 0.469 e. The van der Waals surface area contributed by atoms with Gasteiger partial charge in [-0.3, -0.25) is 4.79 Å². The first kappa shape index (κ1) is 29.1. The van der Waals surface area contributed by atoms with E-state index in [1.807, 2.05) is 0 Å². The van der Waals surface area contributed by atoms with E-state index in [0.717, 1.165) is 49.9 Å². The number of unbranched alkanes of at least 4 members (excludes halogenated alkanes) is 1. The Morgan fingerprint density at radius 1 is 1.13 bits per heavy atom. The van der Waals surface area contributed by atoms with Crippen molar-refractivity contribution in [1.82, 2.24) is 0 Å². The highest BCUT2D eigenvalue weighted by molar-refractivity contribution is 5.69. The standard InChI is InChI=1S/C35H54O4/c1-7-31-24(3)12-17-33(39-31)38-26-18-20-34(4)25(22-26)13-14-27-29-16-15-28(35(29,5)21-19-30(27)34)23(2)10-8-9-11-32(36)37-6/h10,12-13,17,24,26-31,33H,7-9,11,14-16,18-22H2,1-6H3/b23-10+/t24?,26?,27?,28-,29?,30?,31?,33?,34+,35-/m1/s1. The molecule has 0 bridgehead atoms. The predicted molar refractivity (Wildman–Crippen MR) is 157 cm³/mol. The first-order valence-electron chi connectivity index (χ1n) is 16.1. The predicted octanol–water partition coefficient (Wildman–Crippen LogP) is 8.57. The summed E-state index contributed by atoms with van der Waals surface area (Å²) in [6.45, 7) is 12.0. The minimum atomic E-state index is -0.181. The quantitative estimate of drug-likeness (QED) is 0.176. The molecule has 0 radical (unpaired) electrons. The highest BCUT2D eigenvalue weighted by Gasteiger charge is 2.58. The van der Waals surface area contributed by atoms with Crippen LogP contribution in [0.4, 0.5) is 0 Å². The van der Waals surface area contributed by atoms with Crippen molar-refractivity contribution in [3.05, 3.63) is 35.5 Å². The van der Waals surface area contributed by atoms with Gasteiger partial charge in [-0.25, -0.2) is 0 Å². The molecule has 5 aliphatic rings. The van der Waals surface area contributed by atoms with Crippen LogP contribution in [0.25, 0.3) is 0 Å². The van der Waals surface area contributed by atoms with E-state index in [4.69, 9.17) is 14.2 Å². The fourth-order valence-corrected chi connectivity index (χ4v) is 9.78. The van der Waals surface area contributed by atoms with Crippen LogP contribution in [0.15, 0.2) is 35.5 Å². The van der Waals surface area contributed by atoms with E-state index in [-0.39, 0.29) is 24.5 Å². The van der Waals surface area contributed by atoms with Crippen LogP contribution in [0.5, 0.6) is 0 Å². The molecule has 218 valence electrons. The van der Waals surface area contributed by atoms with Crippen LogP contribution in [0, 0.1) is 40.4 Å². The molecule has 4 aliphatic carbocycles. The smallest absolute Gasteiger partial charge is 0.305 e. The lowest BCUT2D eigenvalue weighted by Crippen LogP contribution is -2.50. The minimum absolute atomic E-state index is 0.0926. The number of esters is 1. The number of ether oxygens (including phenoxy) is 3. The van der Waals surface area contributed by atoms with Crippen LogP contribution in [0.2, 0.25) is 0 Å². The van der Waals surface area contributed by atoms with Crippen molar-refractivity contribution in [2.24, 2.45) is 40.4 Å². The van der Waals surface area contributed by atoms with Gasteiger partial charge in [-0.1, -0.05) is 57.1 Å². The molecule has 0 aromatic rings. The van der Waals surface area contributed by atoms with Gasteiger partial charge >= 0.3 is 5.97 Å². The first-order chi connectivity index (χ1) is 18.7. The molecular formula is C35H54O4. The van der Waals surface area contributed by atoms with E-state index in [1.54, 1.807) is 11.1 Å². The first-order valence-corrected chi connectivity index (χ1v) is 16.1. The highest BCUT2D eigenvalue weighted by Crippen LogP contribution is 2.67. The van der Waals surface area contributed by atoms with Gasteiger partial charge in [0.05, 0.1) is 19.3 Å². The Bertz CT molecular complexity index is 979. The molecule has 0 aromatic heterocycles. The maximum absolute atomic E-state index is 11.5. The third kappa shape index (κ3) is 5.59. The average Bonchev–Trinajstić information content (AvgIpc) is 3.29. The summed E-state index contributed by atoms with van der Waals surface area (Å²) in [5, 5.41) is 0. The summed E-state index contributed by atoms with van der Waals surface area (Å²) >= 11 is 0. The Hall–Kier alpha value is -1.39. The fourth-order valence-electron chi connectivity index (χ4n) is 9.78. The van der Waals surface area contributed by atoms with Gasteiger partial charge in [0.2, 0.25) is 0 Å². The molecule has 4 nitrogen and oxygen atoms in total. The summed E-state index contributed by atoms with van der Waals surface area (Å²) in [5.74, 6) is 3.55. The van der Waals surface area contributed by atoms with Gasteiger partial charge in [-0.05, 0) is 118 Å². The number of carbonyl (C=O) groups is 1. The van der Waals surface area contributed by atoms with Gasteiger partial charge in [0.1, 0.15) is 0 Å². The van der Waals surface area contributed by atoms with Gasteiger partial charge in [0.25, 0.3) is 0 Å². The Balaban J connectivity index is 1.23. The number of fused-ring (bicyclic) bond motifs is 5. The lowest BCUT2D eigenvalue weighted by atomic mass is 9.47. The van der Waals surface area contributed by atoms with Crippen LogP contribution in [-0.4, -0.2) is 31.6 Å². The van der Waals surface area contributed by atoms with Gasteiger partial charge in [-0.15, -0.1) is 0 Å². The maximum Gasteiger partial charge on any atom is 0.305 e. The summed E-state index contributed by atoms with van der Waals surface area (Å²) in [6, 6.07) is 0. The summed E-state index contributed by atoms with van der Waals surface area (Å²) < 4.78 is 17.6.